The fraction of sp³-hybridized carbons (Fsp3) is 0. The normalized spacial score (nSPS) is 10.7. The molecule has 0 N–H and O–H groups in total. The number of fused-ring (bicyclic) bond motifs is 1. The summed E-state index contributed by atoms with van der Waals surface area (Å²) in [4.78, 5) is 1.33. The Bertz CT molecular complexity index is 579. The highest BCUT2D eigenvalue weighted by molar-refractivity contribution is 7.13. The molecule has 3 aromatic rings. The topological polar surface area (TPSA) is 0 Å². The Morgan fingerprint density at radius 2 is 1.60 bits per heavy atom. The third kappa shape index (κ3) is 1.55. The molecule has 0 saturated heterocycles. The van der Waals surface area contributed by atoms with Crippen molar-refractivity contribution in [3.8, 4) is 10.4 Å². The predicted molar refractivity (Wildman–Crippen MR) is 67.3 cm³/mol. The van der Waals surface area contributed by atoms with Gasteiger partial charge in [0.15, 0.2) is 0 Å². The van der Waals surface area contributed by atoms with Crippen LogP contribution in [0.3, 0.4) is 0 Å². The highest BCUT2D eigenvalue weighted by Gasteiger charge is 1.99. The Hall–Kier alpha value is -1.60. The molecule has 15 heavy (non-hydrogen) atoms. The first-order valence-electron chi connectivity index (χ1n) is 4.96. The Kier molecular flexibility index (Phi) is 2.04. The minimum absolute atomic E-state index is 1.30. The number of hydrogen-bond acceptors (Lipinski definition) is 1. The quantitative estimate of drug-likeness (QED) is 0.552. The number of hydrogen-bond donors (Lipinski definition) is 0. The molecule has 0 aliphatic heterocycles. The molecular formula is C14H10S. The average Bonchev–Trinajstić information content (AvgIpc) is 2.82. The molecule has 0 bridgehead atoms. The third-order valence-electron chi connectivity index (χ3n) is 2.56. The molecule has 1 heteroatoms. The molecule has 0 fully saturated rings. The summed E-state index contributed by atoms with van der Waals surface area (Å²) in [5.74, 6) is 0. The van der Waals surface area contributed by atoms with E-state index in [-0.39, 0.29) is 0 Å². The van der Waals surface area contributed by atoms with Crippen LogP contribution in [0, 0.1) is 0 Å². The molecule has 0 aliphatic rings. The van der Waals surface area contributed by atoms with Gasteiger partial charge in [0.1, 0.15) is 0 Å². The zero-order chi connectivity index (χ0) is 10.1. The van der Waals surface area contributed by atoms with Crippen LogP contribution in [-0.2, 0) is 0 Å². The van der Waals surface area contributed by atoms with Gasteiger partial charge in [0, 0.05) is 4.88 Å². The molecule has 0 saturated carbocycles. The summed E-state index contributed by atoms with van der Waals surface area (Å²) in [6.45, 7) is 0. The summed E-state index contributed by atoms with van der Waals surface area (Å²) >= 11 is 1.78. The maximum absolute atomic E-state index is 2.25. The highest BCUT2D eigenvalue weighted by Crippen LogP contribution is 2.27. The Morgan fingerprint density at radius 3 is 2.40 bits per heavy atom. The van der Waals surface area contributed by atoms with Crippen molar-refractivity contribution in [3.05, 3.63) is 60.0 Å². The zero-order valence-corrected chi connectivity index (χ0v) is 9.00. The van der Waals surface area contributed by atoms with Gasteiger partial charge in [-0.3, -0.25) is 0 Å². The van der Waals surface area contributed by atoms with E-state index in [0.717, 1.165) is 0 Å². The Labute approximate surface area is 92.8 Å². The van der Waals surface area contributed by atoms with Crippen molar-refractivity contribution in [3.63, 3.8) is 0 Å². The fourth-order valence-electron chi connectivity index (χ4n) is 1.79. The van der Waals surface area contributed by atoms with Gasteiger partial charge < -0.3 is 0 Å². The molecule has 0 radical (unpaired) electrons. The maximum atomic E-state index is 2.25. The van der Waals surface area contributed by atoms with E-state index in [1.54, 1.807) is 11.3 Å². The third-order valence-corrected chi connectivity index (χ3v) is 3.47. The smallest absolute Gasteiger partial charge is 0.0342 e. The molecule has 0 amide bonds. The van der Waals surface area contributed by atoms with Gasteiger partial charge in [-0.2, -0.15) is 0 Å². The van der Waals surface area contributed by atoms with Crippen LogP contribution in [-0.4, -0.2) is 0 Å². The van der Waals surface area contributed by atoms with Crippen LogP contribution < -0.4 is 0 Å². The van der Waals surface area contributed by atoms with Gasteiger partial charge in [0.2, 0.25) is 0 Å². The van der Waals surface area contributed by atoms with Gasteiger partial charge in [-0.15, -0.1) is 11.3 Å². The minimum Gasteiger partial charge on any atom is -0.144 e. The van der Waals surface area contributed by atoms with Crippen LogP contribution in [0.1, 0.15) is 0 Å². The molecule has 0 spiro atoms. The van der Waals surface area contributed by atoms with E-state index in [9.17, 15) is 0 Å². The molecule has 0 unspecified atom stereocenters. The van der Waals surface area contributed by atoms with E-state index in [1.165, 1.54) is 21.2 Å². The number of benzene rings is 2. The lowest BCUT2D eigenvalue weighted by molar-refractivity contribution is 1.73. The van der Waals surface area contributed by atoms with Gasteiger partial charge >= 0.3 is 0 Å². The lowest BCUT2D eigenvalue weighted by Crippen LogP contribution is -1.74. The Balaban J connectivity index is 2.22. The molecular weight excluding hydrogens is 200 g/mol. The number of thiophene rings is 1. The summed E-state index contributed by atoms with van der Waals surface area (Å²) in [7, 11) is 0. The summed E-state index contributed by atoms with van der Waals surface area (Å²) in [5.41, 5.74) is 1.31. The predicted octanol–water partition coefficient (Wildman–Crippen LogP) is 4.57. The van der Waals surface area contributed by atoms with Gasteiger partial charge in [-0.25, -0.2) is 0 Å². The van der Waals surface area contributed by atoms with Gasteiger partial charge in [0.05, 0.1) is 0 Å². The van der Waals surface area contributed by atoms with Crippen LogP contribution >= 0.6 is 11.3 Å². The van der Waals surface area contributed by atoms with Crippen molar-refractivity contribution in [2.24, 2.45) is 0 Å². The molecule has 1 heterocycles. The van der Waals surface area contributed by atoms with Gasteiger partial charge in [0.25, 0.3) is 0 Å². The molecule has 0 aliphatic carbocycles. The van der Waals surface area contributed by atoms with Crippen molar-refractivity contribution >= 4 is 22.1 Å². The first-order chi connectivity index (χ1) is 7.43. The first kappa shape index (κ1) is 8.69. The molecule has 1 aromatic heterocycles. The summed E-state index contributed by atoms with van der Waals surface area (Å²) in [6, 6.07) is 19.3. The summed E-state index contributed by atoms with van der Waals surface area (Å²) in [6.07, 6.45) is 0. The van der Waals surface area contributed by atoms with Crippen molar-refractivity contribution < 1.29 is 0 Å². The van der Waals surface area contributed by atoms with Gasteiger partial charge in [-0.05, 0) is 33.8 Å². The Morgan fingerprint density at radius 1 is 0.733 bits per heavy atom. The SMILES string of the molecule is c1csc(-c2ccc3ccccc3c2)c1. The number of rotatable bonds is 1. The van der Waals surface area contributed by atoms with Crippen molar-refractivity contribution in [1.82, 2.24) is 0 Å². The van der Waals surface area contributed by atoms with E-state index < -0.39 is 0 Å². The fourth-order valence-corrected chi connectivity index (χ4v) is 2.51. The standard InChI is InChI=1S/C14H10S/c1-2-5-12-10-13(8-7-11(12)4-1)14-6-3-9-15-14/h1-10H. The van der Waals surface area contributed by atoms with E-state index in [1.807, 2.05) is 0 Å². The molecule has 0 atom stereocenters. The van der Waals surface area contributed by atoms with Crippen molar-refractivity contribution in [1.29, 1.82) is 0 Å². The molecule has 2 aromatic carbocycles. The monoisotopic (exact) mass is 210 g/mol. The first-order valence-corrected chi connectivity index (χ1v) is 5.84. The van der Waals surface area contributed by atoms with Crippen LogP contribution in [0.4, 0.5) is 0 Å². The molecule has 0 nitrogen and oxygen atoms in total. The summed E-state index contributed by atoms with van der Waals surface area (Å²) < 4.78 is 0. The highest BCUT2D eigenvalue weighted by atomic mass is 32.1. The maximum Gasteiger partial charge on any atom is 0.0342 e. The second kappa shape index (κ2) is 3.52. The van der Waals surface area contributed by atoms with E-state index in [0.29, 0.717) is 0 Å². The van der Waals surface area contributed by atoms with Crippen molar-refractivity contribution in [2.75, 3.05) is 0 Å². The van der Waals surface area contributed by atoms with E-state index >= 15 is 0 Å². The molecule has 72 valence electrons. The van der Waals surface area contributed by atoms with Crippen LogP contribution in [0.5, 0.6) is 0 Å². The average molecular weight is 210 g/mol. The summed E-state index contributed by atoms with van der Waals surface area (Å²) in [5, 5.41) is 4.73. The van der Waals surface area contributed by atoms with Crippen LogP contribution in [0.15, 0.2) is 60.0 Å². The lowest BCUT2D eigenvalue weighted by atomic mass is 10.1. The van der Waals surface area contributed by atoms with Crippen molar-refractivity contribution in [2.45, 2.75) is 0 Å². The molecule has 3 rings (SSSR count). The van der Waals surface area contributed by atoms with Gasteiger partial charge in [-0.1, -0.05) is 42.5 Å². The second-order valence-electron chi connectivity index (χ2n) is 3.54. The van der Waals surface area contributed by atoms with E-state index in [2.05, 4.69) is 60.0 Å². The lowest BCUT2D eigenvalue weighted by Gasteiger charge is -2.00. The zero-order valence-electron chi connectivity index (χ0n) is 8.18. The van der Waals surface area contributed by atoms with Crippen LogP contribution in [0.25, 0.3) is 21.2 Å². The minimum atomic E-state index is 1.30. The largest absolute Gasteiger partial charge is 0.144 e. The van der Waals surface area contributed by atoms with Crippen LogP contribution in [0.2, 0.25) is 0 Å². The second-order valence-corrected chi connectivity index (χ2v) is 4.49. The van der Waals surface area contributed by atoms with E-state index in [4.69, 9.17) is 0 Å².